The van der Waals surface area contributed by atoms with Crippen molar-refractivity contribution < 1.29 is 4.79 Å². The highest BCUT2D eigenvalue weighted by Crippen LogP contribution is 2.16. The largest absolute Gasteiger partial charge is 0.339 e. The predicted molar refractivity (Wildman–Crippen MR) is 62.7 cm³/mol. The molecule has 2 rings (SSSR count). The van der Waals surface area contributed by atoms with Crippen LogP contribution in [0.4, 0.5) is 0 Å². The number of hydrogen-bond donors (Lipinski definition) is 2. The Morgan fingerprint density at radius 1 is 1.50 bits per heavy atom. The summed E-state index contributed by atoms with van der Waals surface area (Å²) in [5, 5.41) is 5.98. The summed E-state index contributed by atoms with van der Waals surface area (Å²) >= 11 is 0. The van der Waals surface area contributed by atoms with Crippen molar-refractivity contribution in [3.8, 4) is 12.3 Å². The molecule has 1 atom stereocenters. The average Bonchev–Trinajstić information content (AvgIpc) is 2.75. The molecule has 0 aromatic heterocycles. The Hall–Kier alpha value is -1.79. The first kappa shape index (κ1) is 10.7. The Balaban J connectivity index is 2.16. The Morgan fingerprint density at radius 2 is 2.25 bits per heavy atom. The minimum absolute atomic E-state index is 0.111. The molecule has 3 heteroatoms. The van der Waals surface area contributed by atoms with E-state index < -0.39 is 0 Å². The van der Waals surface area contributed by atoms with Crippen LogP contribution in [0.3, 0.4) is 0 Å². The first-order valence-electron chi connectivity index (χ1n) is 5.30. The van der Waals surface area contributed by atoms with Crippen LogP contribution in [-0.2, 0) is 13.1 Å². The molecule has 2 N–H and O–H groups in total. The minimum Gasteiger partial charge on any atom is -0.339 e. The number of nitrogens with one attached hydrogen (secondary N) is 2. The second-order valence-electron chi connectivity index (χ2n) is 3.95. The summed E-state index contributed by atoms with van der Waals surface area (Å²) in [5.74, 6) is 2.36. The van der Waals surface area contributed by atoms with Crippen LogP contribution in [0.1, 0.15) is 28.4 Å². The Kier molecular flexibility index (Phi) is 2.93. The highest BCUT2D eigenvalue weighted by molar-refractivity contribution is 5.94. The van der Waals surface area contributed by atoms with E-state index in [4.69, 9.17) is 6.42 Å². The first-order chi connectivity index (χ1) is 7.70. The zero-order valence-electron chi connectivity index (χ0n) is 9.21. The van der Waals surface area contributed by atoms with Gasteiger partial charge >= 0.3 is 0 Å². The molecule has 1 unspecified atom stereocenters. The number of carbonyl (C=O) groups is 1. The van der Waals surface area contributed by atoms with Gasteiger partial charge in [-0.3, -0.25) is 4.79 Å². The second-order valence-corrected chi connectivity index (χ2v) is 3.95. The van der Waals surface area contributed by atoms with Crippen molar-refractivity contribution >= 4 is 5.91 Å². The number of fused-ring (bicyclic) bond motifs is 1. The molecule has 3 nitrogen and oxygen atoms in total. The van der Waals surface area contributed by atoms with E-state index in [0.717, 1.165) is 13.1 Å². The van der Waals surface area contributed by atoms with Gasteiger partial charge in [-0.1, -0.05) is 12.0 Å². The van der Waals surface area contributed by atoms with Crippen LogP contribution >= 0.6 is 0 Å². The SMILES string of the molecule is C#CC(C)NC(=O)c1ccc2c(c1)CNC2. The molecule has 16 heavy (non-hydrogen) atoms. The predicted octanol–water partition coefficient (Wildman–Crippen LogP) is 1.04. The fourth-order valence-electron chi connectivity index (χ4n) is 1.76. The Morgan fingerprint density at radius 3 is 3.00 bits per heavy atom. The van der Waals surface area contributed by atoms with E-state index in [1.165, 1.54) is 11.1 Å². The van der Waals surface area contributed by atoms with Crippen molar-refractivity contribution in [1.29, 1.82) is 0 Å². The maximum Gasteiger partial charge on any atom is 0.252 e. The van der Waals surface area contributed by atoms with Crippen LogP contribution in [0.25, 0.3) is 0 Å². The summed E-state index contributed by atoms with van der Waals surface area (Å²) in [6.45, 7) is 3.51. The molecule has 0 radical (unpaired) electrons. The van der Waals surface area contributed by atoms with Gasteiger partial charge in [0.05, 0.1) is 6.04 Å². The van der Waals surface area contributed by atoms with E-state index >= 15 is 0 Å². The van der Waals surface area contributed by atoms with E-state index in [9.17, 15) is 4.79 Å². The molecular formula is C13H14N2O. The lowest BCUT2D eigenvalue weighted by molar-refractivity contribution is 0.0948. The zero-order valence-corrected chi connectivity index (χ0v) is 9.21. The molecule has 0 bridgehead atoms. The van der Waals surface area contributed by atoms with Crippen LogP contribution in [-0.4, -0.2) is 11.9 Å². The molecule has 82 valence electrons. The molecule has 1 aliphatic rings. The van der Waals surface area contributed by atoms with Crippen LogP contribution in [0.15, 0.2) is 18.2 Å². The van der Waals surface area contributed by atoms with Crippen molar-refractivity contribution in [3.05, 3.63) is 34.9 Å². The quantitative estimate of drug-likeness (QED) is 0.722. The topological polar surface area (TPSA) is 41.1 Å². The van der Waals surface area contributed by atoms with Gasteiger partial charge in [-0.25, -0.2) is 0 Å². The molecule has 1 heterocycles. The normalized spacial score (nSPS) is 15.0. The lowest BCUT2D eigenvalue weighted by atomic mass is 10.1. The highest BCUT2D eigenvalue weighted by atomic mass is 16.1. The van der Waals surface area contributed by atoms with E-state index in [1.807, 2.05) is 18.2 Å². The molecule has 1 aliphatic heterocycles. The first-order valence-corrected chi connectivity index (χ1v) is 5.30. The van der Waals surface area contributed by atoms with Gasteiger partial charge in [0.25, 0.3) is 5.91 Å². The van der Waals surface area contributed by atoms with Crippen LogP contribution < -0.4 is 10.6 Å². The van der Waals surface area contributed by atoms with Gasteiger partial charge in [0.2, 0.25) is 0 Å². The monoisotopic (exact) mass is 214 g/mol. The van der Waals surface area contributed by atoms with Crippen molar-refractivity contribution in [2.24, 2.45) is 0 Å². The molecule has 0 saturated carbocycles. The number of terminal acetylenes is 1. The molecule has 0 saturated heterocycles. The third-order valence-corrected chi connectivity index (χ3v) is 2.70. The number of benzene rings is 1. The van der Waals surface area contributed by atoms with Crippen molar-refractivity contribution in [3.63, 3.8) is 0 Å². The van der Waals surface area contributed by atoms with Gasteiger partial charge in [-0.05, 0) is 30.2 Å². The van der Waals surface area contributed by atoms with Gasteiger partial charge in [-0.2, -0.15) is 0 Å². The smallest absolute Gasteiger partial charge is 0.252 e. The van der Waals surface area contributed by atoms with E-state index in [-0.39, 0.29) is 11.9 Å². The maximum atomic E-state index is 11.8. The van der Waals surface area contributed by atoms with Crippen LogP contribution in [0, 0.1) is 12.3 Å². The van der Waals surface area contributed by atoms with Crippen molar-refractivity contribution in [2.75, 3.05) is 0 Å². The molecule has 1 aromatic rings. The van der Waals surface area contributed by atoms with Crippen LogP contribution in [0.2, 0.25) is 0 Å². The number of amides is 1. The third kappa shape index (κ3) is 2.07. The lowest BCUT2D eigenvalue weighted by Gasteiger charge is -2.08. The highest BCUT2D eigenvalue weighted by Gasteiger charge is 2.13. The Bertz CT molecular complexity index is 459. The number of hydrogen-bond acceptors (Lipinski definition) is 2. The molecule has 0 aliphatic carbocycles. The Labute approximate surface area is 95.2 Å². The fraction of sp³-hybridized carbons (Fsp3) is 0.308. The van der Waals surface area contributed by atoms with Crippen molar-refractivity contribution in [2.45, 2.75) is 26.1 Å². The summed E-state index contributed by atoms with van der Waals surface area (Å²) in [5.41, 5.74) is 3.13. The van der Waals surface area contributed by atoms with E-state index in [0.29, 0.717) is 5.56 Å². The second kappa shape index (κ2) is 4.38. The van der Waals surface area contributed by atoms with Gasteiger partial charge in [0, 0.05) is 18.7 Å². The molecular weight excluding hydrogens is 200 g/mol. The maximum absolute atomic E-state index is 11.8. The average molecular weight is 214 g/mol. The summed E-state index contributed by atoms with van der Waals surface area (Å²) in [7, 11) is 0. The van der Waals surface area contributed by atoms with E-state index in [1.54, 1.807) is 6.92 Å². The third-order valence-electron chi connectivity index (χ3n) is 2.70. The summed E-state index contributed by atoms with van der Waals surface area (Å²) in [4.78, 5) is 11.8. The molecule has 0 spiro atoms. The standard InChI is InChI=1S/C13H14N2O/c1-3-9(2)15-13(16)10-4-5-11-7-14-8-12(11)6-10/h1,4-6,9,14H,7-8H2,2H3,(H,15,16). The van der Waals surface area contributed by atoms with Gasteiger partial charge < -0.3 is 10.6 Å². The van der Waals surface area contributed by atoms with Gasteiger partial charge in [0.15, 0.2) is 0 Å². The lowest BCUT2D eigenvalue weighted by Crippen LogP contribution is -2.31. The number of carbonyl (C=O) groups excluding carboxylic acids is 1. The molecule has 1 aromatic carbocycles. The van der Waals surface area contributed by atoms with Gasteiger partial charge in [-0.15, -0.1) is 6.42 Å². The van der Waals surface area contributed by atoms with Crippen molar-refractivity contribution in [1.82, 2.24) is 10.6 Å². The summed E-state index contributed by atoms with van der Waals surface area (Å²) < 4.78 is 0. The molecule has 1 amide bonds. The summed E-state index contributed by atoms with van der Waals surface area (Å²) in [6, 6.07) is 5.52. The zero-order chi connectivity index (χ0) is 11.5. The van der Waals surface area contributed by atoms with Crippen LogP contribution in [0.5, 0.6) is 0 Å². The summed E-state index contributed by atoms with van der Waals surface area (Å²) in [6.07, 6.45) is 5.21. The number of rotatable bonds is 2. The van der Waals surface area contributed by atoms with Gasteiger partial charge in [0.1, 0.15) is 0 Å². The minimum atomic E-state index is -0.237. The molecule has 0 fully saturated rings. The van der Waals surface area contributed by atoms with E-state index in [2.05, 4.69) is 16.6 Å². The fourth-order valence-corrected chi connectivity index (χ4v) is 1.76.